The number of methoxy groups -OCH3 is 1. The SMILES string of the molecule is COc1ccc(CCNCc2ccc(-c3cccc(Cl)c3C)o2)cc1. The van der Waals surface area contributed by atoms with Crippen molar-refractivity contribution in [2.24, 2.45) is 0 Å². The summed E-state index contributed by atoms with van der Waals surface area (Å²) < 4.78 is 11.1. The lowest BCUT2D eigenvalue weighted by Crippen LogP contribution is -2.16. The molecule has 1 heterocycles. The van der Waals surface area contributed by atoms with E-state index in [4.69, 9.17) is 20.8 Å². The van der Waals surface area contributed by atoms with Crippen LogP contribution in [0.15, 0.2) is 59.0 Å². The number of benzene rings is 2. The van der Waals surface area contributed by atoms with Crippen LogP contribution in [0.1, 0.15) is 16.9 Å². The maximum absolute atomic E-state index is 6.19. The molecule has 0 aliphatic heterocycles. The standard InChI is InChI=1S/C21H22ClNO2/c1-15-19(4-3-5-20(15)22)21-11-10-18(25-21)14-23-13-12-16-6-8-17(24-2)9-7-16/h3-11,23H,12-14H2,1-2H3. The molecule has 0 radical (unpaired) electrons. The van der Waals surface area contributed by atoms with Gasteiger partial charge in [-0.2, -0.15) is 0 Å². The molecule has 4 heteroatoms. The van der Waals surface area contributed by atoms with Gasteiger partial charge in [-0.15, -0.1) is 0 Å². The molecule has 0 aliphatic rings. The van der Waals surface area contributed by atoms with Crippen LogP contribution in [0.3, 0.4) is 0 Å². The Balaban J connectivity index is 1.52. The molecule has 0 fully saturated rings. The van der Waals surface area contributed by atoms with Gasteiger partial charge < -0.3 is 14.5 Å². The highest BCUT2D eigenvalue weighted by Gasteiger charge is 2.09. The van der Waals surface area contributed by atoms with Crippen LogP contribution in [0.25, 0.3) is 11.3 Å². The first kappa shape index (κ1) is 17.6. The van der Waals surface area contributed by atoms with Gasteiger partial charge >= 0.3 is 0 Å². The van der Waals surface area contributed by atoms with E-state index in [9.17, 15) is 0 Å². The largest absolute Gasteiger partial charge is 0.497 e. The lowest BCUT2D eigenvalue weighted by molar-refractivity contribution is 0.414. The van der Waals surface area contributed by atoms with Crippen molar-refractivity contribution in [3.63, 3.8) is 0 Å². The van der Waals surface area contributed by atoms with Gasteiger partial charge in [0, 0.05) is 10.6 Å². The highest BCUT2D eigenvalue weighted by molar-refractivity contribution is 6.31. The van der Waals surface area contributed by atoms with Crippen molar-refractivity contribution < 1.29 is 9.15 Å². The van der Waals surface area contributed by atoms with Gasteiger partial charge in [0.15, 0.2) is 0 Å². The zero-order valence-corrected chi connectivity index (χ0v) is 15.3. The van der Waals surface area contributed by atoms with Crippen molar-refractivity contribution in [1.82, 2.24) is 5.32 Å². The lowest BCUT2D eigenvalue weighted by Gasteiger charge is -2.06. The van der Waals surface area contributed by atoms with E-state index in [1.165, 1.54) is 5.56 Å². The summed E-state index contributed by atoms with van der Waals surface area (Å²) in [6, 6.07) is 18.0. The Morgan fingerprint density at radius 2 is 1.84 bits per heavy atom. The van der Waals surface area contributed by atoms with E-state index in [2.05, 4.69) is 17.4 Å². The van der Waals surface area contributed by atoms with Crippen LogP contribution in [0.4, 0.5) is 0 Å². The van der Waals surface area contributed by atoms with E-state index in [1.807, 2.05) is 49.4 Å². The number of ether oxygens (including phenoxy) is 1. The Kier molecular flexibility index (Phi) is 5.79. The number of hydrogen-bond acceptors (Lipinski definition) is 3. The molecule has 25 heavy (non-hydrogen) atoms. The van der Waals surface area contributed by atoms with E-state index in [1.54, 1.807) is 7.11 Å². The molecule has 0 bridgehead atoms. The third kappa shape index (κ3) is 4.44. The molecule has 0 saturated carbocycles. The van der Waals surface area contributed by atoms with Crippen LogP contribution in [-0.2, 0) is 13.0 Å². The van der Waals surface area contributed by atoms with E-state index in [0.717, 1.165) is 46.4 Å². The van der Waals surface area contributed by atoms with Crippen molar-refractivity contribution in [2.45, 2.75) is 19.9 Å². The summed E-state index contributed by atoms with van der Waals surface area (Å²) >= 11 is 6.19. The number of nitrogens with one attached hydrogen (secondary N) is 1. The van der Waals surface area contributed by atoms with Gasteiger partial charge in [0.25, 0.3) is 0 Å². The fourth-order valence-electron chi connectivity index (χ4n) is 2.73. The first-order valence-electron chi connectivity index (χ1n) is 8.35. The molecule has 130 valence electrons. The van der Waals surface area contributed by atoms with Crippen LogP contribution in [0.2, 0.25) is 5.02 Å². The molecule has 3 aromatic rings. The van der Waals surface area contributed by atoms with Crippen LogP contribution in [-0.4, -0.2) is 13.7 Å². The Morgan fingerprint density at radius 3 is 2.60 bits per heavy atom. The molecule has 0 aliphatic carbocycles. The minimum Gasteiger partial charge on any atom is -0.497 e. The molecule has 1 aromatic heterocycles. The number of furan rings is 1. The van der Waals surface area contributed by atoms with Gasteiger partial charge in [0.05, 0.1) is 13.7 Å². The molecule has 0 saturated heterocycles. The zero-order chi connectivity index (χ0) is 17.6. The minimum atomic E-state index is 0.704. The molecule has 0 amide bonds. The summed E-state index contributed by atoms with van der Waals surface area (Å²) in [5.74, 6) is 2.66. The third-order valence-corrected chi connectivity index (χ3v) is 4.65. The van der Waals surface area contributed by atoms with Gasteiger partial charge in [-0.1, -0.05) is 35.9 Å². The highest BCUT2D eigenvalue weighted by Crippen LogP contribution is 2.29. The summed E-state index contributed by atoms with van der Waals surface area (Å²) in [5, 5.41) is 4.18. The summed E-state index contributed by atoms with van der Waals surface area (Å²) in [4.78, 5) is 0. The first-order valence-corrected chi connectivity index (χ1v) is 8.73. The molecule has 0 atom stereocenters. The molecular formula is C21H22ClNO2. The minimum absolute atomic E-state index is 0.704. The number of halogens is 1. The second kappa shape index (κ2) is 8.24. The van der Waals surface area contributed by atoms with Gasteiger partial charge in [-0.3, -0.25) is 0 Å². The predicted octanol–water partition coefficient (Wildman–Crippen LogP) is 5.25. The number of hydrogen-bond donors (Lipinski definition) is 1. The normalized spacial score (nSPS) is 10.8. The molecule has 3 nitrogen and oxygen atoms in total. The zero-order valence-electron chi connectivity index (χ0n) is 14.5. The van der Waals surface area contributed by atoms with E-state index < -0.39 is 0 Å². The summed E-state index contributed by atoms with van der Waals surface area (Å²) in [6.45, 7) is 3.60. The van der Waals surface area contributed by atoms with Gasteiger partial charge in [-0.05, 0) is 61.3 Å². The predicted molar refractivity (Wildman–Crippen MR) is 102 cm³/mol. The van der Waals surface area contributed by atoms with Crippen LogP contribution >= 0.6 is 11.6 Å². The van der Waals surface area contributed by atoms with Crippen molar-refractivity contribution >= 4 is 11.6 Å². The van der Waals surface area contributed by atoms with Gasteiger partial charge in [0.2, 0.25) is 0 Å². The van der Waals surface area contributed by atoms with Crippen molar-refractivity contribution in [1.29, 1.82) is 0 Å². The average molecular weight is 356 g/mol. The van der Waals surface area contributed by atoms with Gasteiger partial charge in [0.1, 0.15) is 17.3 Å². The van der Waals surface area contributed by atoms with E-state index >= 15 is 0 Å². The fourth-order valence-corrected chi connectivity index (χ4v) is 2.90. The fraction of sp³-hybridized carbons (Fsp3) is 0.238. The van der Waals surface area contributed by atoms with Crippen molar-refractivity contribution in [3.8, 4) is 17.1 Å². The molecular weight excluding hydrogens is 334 g/mol. The van der Waals surface area contributed by atoms with E-state index in [0.29, 0.717) is 6.54 Å². The van der Waals surface area contributed by atoms with Crippen LogP contribution < -0.4 is 10.1 Å². The molecule has 3 rings (SSSR count). The maximum atomic E-state index is 6.19. The van der Waals surface area contributed by atoms with Crippen molar-refractivity contribution in [2.75, 3.05) is 13.7 Å². The Morgan fingerprint density at radius 1 is 1.04 bits per heavy atom. The van der Waals surface area contributed by atoms with Crippen molar-refractivity contribution in [3.05, 3.63) is 76.5 Å². The average Bonchev–Trinajstić information content (AvgIpc) is 3.10. The molecule has 0 spiro atoms. The van der Waals surface area contributed by atoms with Crippen LogP contribution in [0, 0.1) is 6.92 Å². The highest BCUT2D eigenvalue weighted by atomic mass is 35.5. The second-order valence-corrected chi connectivity index (χ2v) is 6.36. The summed E-state index contributed by atoms with van der Waals surface area (Å²) in [7, 11) is 1.68. The maximum Gasteiger partial charge on any atom is 0.134 e. The second-order valence-electron chi connectivity index (χ2n) is 5.95. The number of rotatable bonds is 7. The monoisotopic (exact) mass is 355 g/mol. The van der Waals surface area contributed by atoms with Gasteiger partial charge in [-0.25, -0.2) is 0 Å². The quantitative estimate of drug-likeness (QED) is 0.588. The smallest absolute Gasteiger partial charge is 0.134 e. The lowest BCUT2D eigenvalue weighted by atomic mass is 10.1. The Hall–Kier alpha value is -2.23. The molecule has 2 aromatic carbocycles. The Bertz CT molecular complexity index is 824. The molecule has 1 N–H and O–H groups in total. The summed E-state index contributed by atoms with van der Waals surface area (Å²) in [6.07, 6.45) is 0.963. The topological polar surface area (TPSA) is 34.4 Å². The third-order valence-electron chi connectivity index (χ3n) is 4.24. The summed E-state index contributed by atoms with van der Waals surface area (Å²) in [5.41, 5.74) is 3.36. The Labute approximate surface area is 153 Å². The molecule has 0 unspecified atom stereocenters. The van der Waals surface area contributed by atoms with E-state index in [-0.39, 0.29) is 0 Å². The first-order chi connectivity index (χ1) is 12.2. The van der Waals surface area contributed by atoms with Crippen LogP contribution in [0.5, 0.6) is 5.75 Å².